The Kier molecular flexibility index (Phi) is 4.76. The van der Waals surface area contributed by atoms with Gasteiger partial charge in [0.2, 0.25) is 5.91 Å². The third-order valence-corrected chi connectivity index (χ3v) is 3.66. The van der Waals surface area contributed by atoms with Crippen LogP contribution in [0.1, 0.15) is 32.3 Å². The molecule has 110 valence electrons. The van der Waals surface area contributed by atoms with Gasteiger partial charge in [-0.25, -0.2) is 4.79 Å². The zero-order chi connectivity index (χ0) is 15.5. The van der Waals surface area contributed by atoms with Crippen molar-refractivity contribution in [1.82, 2.24) is 4.90 Å². The molecule has 1 amide bonds. The molecule has 0 saturated heterocycles. The maximum atomic E-state index is 12.4. The number of hydrogen-bond donors (Lipinski definition) is 1. The van der Waals surface area contributed by atoms with Crippen LogP contribution in [0.3, 0.4) is 0 Å². The molecule has 0 heterocycles. The smallest absolute Gasteiger partial charge is 0.329 e. The van der Waals surface area contributed by atoms with E-state index in [0.717, 1.165) is 5.56 Å². The summed E-state index contributed by atoms with van der Waals surface area (Å²) in [4.78, 5) is 24.9. The Labute approximate surface area is 119 Å². The van der Waals surface area contributed by atoms with Crippen LogP contribution in [0.5, 0.6) is 5.75 Å². The molecule has 1 aromatic rings. The molecule has 0 aromatic heterocycles. The first-order chi connectivity index (χ1) is 9.21. The number of hydrogen-bond acceptors (Lipinski definition) is 3. The van der Waals surface area contributed by atoms with E-state index in [1.807, 2.05) is 6.07 Å². The van der Waals surface area contributed by atoms with Crippen molar-refractivity contribution < 1.29 is 19.4 Å². The van der Waals surface area contributed by atoms with Gasteiger partial charge in [0.25, 0.3) is 0 Å². The number of carboxylic acid groups (broad SMARTS) is 1. The molecule has 1 unspecified atom stereocenters. The van der Waals surface area contributed by atoms with Crippen molar-refractivity contribution in [1.29, 1.82) is 0 Å². The maximum Gasteiger partial charge on any atom is 0.329 e. The zero-order valence-corrected chi connectivity index (χ0v) is 12.5. The molecule has 1 atom stereocenters. The van der Waals surface area contributed by atoms with Gasteiger partial charge in [-0.2, -0.15) is 0 Å². The number of ether oxygens (including phenoxy) is 1. The van der Waals surface area contributed by atoms with Gasteiger partial charge in [-0.3, -0.25) is 4.79 Å². The number of likely N-dealkylation sites (N-methyl/N-ethyl adjacent to an activating group) is 1. The Hall–Kier alpha value is -2.04. The summed E-state index contributed by atoms with van der Waals surface area (Å²) in [7, 11) is 3.07. The second-order valence-corrected chi connectivity index (χ2v) is 5.26. The fourth-order valence-electron chi connectivity index (χ4n) is 1.76. The number of benzene rings is 1. The van der Waals surface area contributed by atoms with E-state index in [1.54, 1.807) is 32.2 Å². The molecule has 0 aliphatic carbocycles. The third-order valence-electron chi connectivity index (χ3n) is 3.66. The molecule has 5 heteroatoms. The van der Waals surface area contributed by atoms with E-state index < -0.39 is 17.4 Å². The molecular formula is C15H21NO4. The summed E-state index contributed by atoms with van der Waals surface area (Å²) < 4.78 is 5.13. The second kappa shape index (κ2) is 5.94. The number of aliphatic carboxylic acids is 1. The van der Waals surface area contributed by atoms with Gasteiger partial charge < -0.3 is 14.7 Å². The number of carboxylic acids is 1. The van der Waals surface area contributed by atoms with Crippen LogP contribution in [0.15, 0.2) is 24.3 Å². The average Bonchev–Trinajstić information content (AvgIpc) is 2.44. The Bertz CT molecular complexity index is 510. The van der Waals surface area contributed by atoms with Crippen LogP contribution in [-0.2, 0) is 9.59 Å². The molecule has 0 bridgehead atoms. The average molecular weight is 279 g/mol. The van der Waals surface area contributed by atoms with Gasteiger partial charge in [0.05, 0.1) is 13.0 Å². The quantitative estimate of drug-likeness (QED) is 0.896. The summed E-state index contributed by atoms with van der Waals surface area (Å²) in [5.74, 6) is -1.05. The Morgan fingerprint density at radius 2 is 1.95 bits per heavy atom. The minimum absolute atomic E-state index is 0.245. The number of carbonyl (C=O) groups is 2. The Balaban J connectivity index is 2.99. The number of nitrogens with zero attached hydrogens (tertiary/aromatic N) is 1. The number of methoxy groups -OCH3 is 1. The van der Waals surface area contributed by atoms with Crippen molar-refractivity contribution in [3.63, 3.8) is 0 Å². The summed E-state index contributed by atoms with van der Waals surface area (Å²) in [5, 5.41) is 9.18. The molecular weight excluding hydrogens is 258 g/mol. The van der Waals surface area contributed by atoms with E-state index in [-0.39, 0.29) is 5.91 Å². The van der Waals surface area contributed by atoms with Crippen molar-refractivity contribution in [2.24, 2.45) is 0 Å². The highest BCUT2D eigenvalue weighted by Gasteiger charge is 2.37. The van der Waals surface area contributed by atoms with E-state index in [1.165, 1.54) is 25.8 Å². The lowest BCUT2D eigenvalue weighted by atomic mass is 9.96. The molecule has 0 spiro atoms. The number of rotatable bonds is 5. The van der Waals surface area contributed by atoms with Gasteiger partial charge in [-0.1, -0.05) is 12.1 Å². The fraction of sp³-hybridized carbons (Fsp3) is 0.467. The molecule has 1 aromatic carbocycles. The SMILES string of the molecule is COc1cccc(C(C)C(=O)N(C)C(C)(C)C(=O)O)c1. The lowest BCUT2D eigenvalue weighted by Gasteiger charge is -2.33. The topological polar surface area (TPSA) is 66.8 Å². The van der Waals surface area contributed by atoms with Crippen LogP contribution >= 0.6 is 0 Å². The lowest BCUT2D eigenvalue weighted by Crippen LogP contribution is -2.51. The summed E-state index contributed by atoms with van der Waals surface area (Å²) in [5.41, 5.74) is -0.452. The molecule has 0 fully saturated rings. The van der Waals surface area contributed by atoms with E-state index in [9.17, 15) is 14.7 Å². The number of carbonyl (C=O) groups excluding carboxylic acids is 1. The molecule has 0 radical (unpaired) electrons. The van der Waals surface area contributed by atoms with Crippen LogP contribution < -0.4 is 4.74 Å². The highest BCUT2D eigenvalue weighted by atomic mass is 16.5. The van der Waals surface area contributed by atoms with Gasteiger partial charge in [0, 0.05) is 7.05 Å². The van der Waals surface area contributed by atoms with E-state index in [2.05, 4.69) is 0 Å². The van der Waals surface area contributed by atoms with Crippen molar-refractivity contribution in [2.75, 3.05) is 14.2 Å². The maximum absolute atomic E-state index is 12.4. The van der Waals surface area contributed by atoms with Crippen LogP contribution in [0, 0.1) is 0 Å². The van der Waals surface area contributed by atoms with E-state index >= 15 is 0 Å². The van der Waals surface area contributed by atoms with Crippen molar-refractivity contribution in [3.05, 3.63) is 29.8 Å². The molecule has 1 rings (SSSR count). The van der Waals surface area contributed by atoms with Gasteiger partial charge in [-0.05, 0) is 38.5 Å². The molecule has 0 aliphatic rings. The van der Waals surface area contributed by atoms with Crippen molar-refractivity contribution in [2.45, 2.75) is 32.2 Å². The van der Waals surface area contributed by atoms with Crippen molar-refractivity contribution in [3.8, 4) is 5.75 Å². The summed E-state index contributed by atoms with van der Waals surface area (Å²) in [6.07, 6.45) is 0. The molecule has 0 saturated carbocycles. The first-order valence-corrected chi connectivity index (χ1v) is 6.36. The highest BCUT2D eigenvalue weighted by molar-refractivity contribution is 5.89. The standard InChI is InChI=1S/C15H21NO4/c1-10(11-7-6-8-12(9-11)20-5)13(17)16(4)15(2,3)14(18)19/h6-10H,1-5H3,(H,18,19). The predicted octanol–water partition coefficient (Wildman–Crippen LogP) is 2.12. The molecule has 1 N–H and O–H groups in total. The first-order valence-electron chi connectivity index (χ1n) is 6.36. The van der Waals surface area contributed by atoms with Crippen molar-refractivity contribution >= 4 is 11.9 Å². The van der Waals surface area contributed by atoms with E-state index in [4.69, 9.17) is 4.74 Å². The summed E-state index contributed by atoms with van der Waals surface area (Å²) in [6, 6.07) is 7.21. The van der Waals surface area contributed by atoms with Gasteiger partial charge in [-0.15, -0.1) is 0 Å². The first kappa shape index (κ1) is 16.0. The summed E-state index contributed by atoms with van der Waals surface area (Å²) >= 11 is 0. The minimum atomic E-state index is -1.25. The Morgan fingerprint density at radius 1 is 1.35 bits per heavy atom. The largest absolute Gasteiger partial charge is 0.497 e. The monoisotopic (exact) mass is 279 g/mol. The van der Waals surface area contributed by atoms with Gasteiger partial charge >= 0.3 is 5.97 Å². The Morgan fingerprint density at radius 3 is 2.45 bits per heavy atom. The second-order valence-electron chi connectivity index (χ2n) is 5.26. The molecule has 5 nitrogen and oxygen atoms in total. The molecule has 20 heavy (non-hydrogen) atoms. The van der Waals surface area contributed by atoms with Gasteiger partial charge in [0.1, 0.15) is 11.3 Å². The predicted molar refractivity (Wildman–Crippen MR) is 75.9 cm³/mol. The van der Waals surface area contributed by atoms with Crippen LogP contribution in [0.4, 0.5) is 0 Å². The lowest BCUT2D eigenvalue weighted by molar-refractivity contribution is -0.155. The van der Waals surface area contributed by atoms with E-state index in [0.29, 0.717) is 5.75 Å². The van der Waals surface area contributed by atoms with Crippen LogP contribution in [0.2, 0.25) is 0 Å². The summed E-state index contributed by atoms with van der Waals surface area (Å²) in [6.45, 7) is 4.77. The zero-order valence-electron chi connectivity index (χ0n) is 12.5. The third kappa shape index (κ3) is 3.10. The fourth-order valence-corrected chi connectivity index (χ4v) is 1.76. The van der Waals surface area contributed by atoms with Gasteiger partial charge in [0.15, 0.2) is 0 Å². The molecule has 0 aliphatic heterocycles. The van der Waals surface area contributed by atoms with Crippen LogP contribution in [-0.4, -0.2) is 41.6 Å². The highest BCUT2D eigenvalue weighted by Crippen LogP contribution is 2.25. The van der Waals surface area contributed by atoms with Crippen LogP contribution in [0.25, 0.3) is 0 Å². The minimum Gasteiger partial charge on any atom is -0.497 e. The normalized spacial score (nSPS) is 12.7. The number of amides is 1.